The number of rotatable bonds is 7. The minimum atomic E-state index is -0.172. The molecule has 0 aliphatic heterocycles. The number of carbonyl (C=O) groups excluding carboxylic acids is 1. The van der Waals surface area contributed by atoms with E-state index in [0.29, 0.717) is 23.7 Å². The molecule has 1 amide bonds. The van der Waals surface area contributed by atoms with E-state index in [2.05, 4.69) is 25.6 Å². The van der Waals surface area contributed by atoms with Gasteiger partial charge in [-0.1, -0.05) is 18.2 Å². The maximum Gasteiger partial charge on any atom is 0.255 e. The summed E-state index contributed by atoms with van der Waals surface area (Å²) in [5.74, 6) is 0.294. The number of anilines is 3. The summed E-state index contributed by atoms with van der Waals surface area (Å²) in [5, 5.41) is 6.20. The zero-order valence-electron chi connectivity index (χ0n) is 17.7. The van der Waals surface area contributed by atoms with Crippen LogP contribution in [0.5, 0.6) is 0 Å². The number of nitrogens with one attached hydrogen (secondary N) is 2. The summed E-state index contributed by atoms with van der Waals surface area (Å²) < 4.78 is 0. The molecule has 2 aromatic heterocycles. The van der Waals surface area contributed by atoms with Gasteiger partial charge >= 0.3 is 0 Å². The van der Waals surface area contributed by atoms with E-state index in [9.17, 15) is 4.79 Å². The van der Waals surface area contributed by atoms with E-state index in [0.717, 1.165) is 34.5 Å². The molecular formula is C25H24N6O. The van der Waals surface area contributed by atoms with Crippen molar-refractivity contribution in [2.24, 2.45) is 5.73 Å². The fraction of sp³-hybridized carbons (Fsp3) is 0.120. The lowest BCUT2D eigenvalue weighted by molar-refractivity contribution is 0.102. The maximum absolute atomic E-state index is 12.7. The number of hydrogen-bond acceptors (Lipinski definition) is 6. The molecule has 0 radical (unpaired) electrons. The second-order valence-corrected chi connectivity index (χ2v) is 7.35. The molecule has 32 heavy (non-hydrogen) atoms. The van der Waals surface area contributed by atoms with Gasteiger partial charge in [-0.25, -0.2) is 9.97 Å². The standard InChI is InChI=1S/C25H24N6O/c1-17-4-9-21(29-24(32)19-7-5-18(6-8-19)10-12-26)15-23(17)31-25-28-14-11-22(30-25)20-3-2-13-27-16-20/h2-9,11,13-16H,10,12,26H2,1H3,(H,29,32)(H,28,30,31). The Labute approximate surface area is 186 Å². The number of nitrogens with zero attached hydrogens (tertiary/aromatic N) is 3. The highest BCUT2D eigenvalue weighted by molar-refractivity contribution is 6.04. The monoisotopic (exact) mass is 424 g/mol. The third kappa shape index (κ3) is 5.14. The lowest BCUT2D eigenvalue weighted by Gasteiger charge is -2.12. The third-order valence-electron chi connectivity index (χ3n) is 5.00. The Balaban J connectivity index is 1.50. The van der Waals surface area contributed by atoms with Crippen molar-refractivity contribution in [3.05, 3.63) is 95.9 Å². The Hall–Kier alpha value is -4.10. The zero-order chi connectivity index (χ0) is 22.3. The molecule has 7 nitrogen and oxygen atoms in total. The van der Waals surface area contributed by atoms with E-state index in [-0.39, 0.29) is 5.91 Å². The van der Waals surface area contributed by atoms with Crippen molar-refractivity contribution in [1.82, 2.24) is 15.0 Å². The van der Waals surface area contributed by atoms with Crippen LogP contribution in [0, 0.1) is 6.92 Å². The number of pyridine rings is 1. The van der Waals surface area contributed by atoms with Crippen LogP contribution in [0.25, 0.3) is 11.3 Å². The van der Waals surface area contributed by atoms with Crippen LogP contribution < -0.4 is 16.4 Å². The van der Waals surface area contributed by atoms with E-state index in [1.165, 1.54) is 0 Å². The van der Waals surface area contributed by atoms with E-state index < -0.39 is 0 Å². The molecule has 0 saturated carbocycles. The molecule has 0 aliphatic rings. The predicted molar refractivity (Wildman–Crippen MR) is 127 cm³/mol. The van der Waals surface area contributed by atoms with Gasteiger partial charge in [0.15, 0.2) is 0 Å². The molecule has 0 bridgehead atoms. The molecule has 160 valence electrons. The van der Waals surface area contributed by atoms with Gasteiger partial charge in [-0.2, -0.15) is 0 Å². The van der Waals surface area contributed by atoms with E-state index in [1.54, 1.807) is 18.6 Å². The number of aromatic nitrogens is 3. The van der Waals surface area contributed by atoms with E-state index in [4.69, 9.17) is 5.73 Å². The highest BCUT2D eigenvalue weighted by Crippen LogP contribution is 2.24. The van der Waals surface area contributed by atoms with E-state index in [1.807, 2.05) is 67.6 Å². The fourth-order valence-corrected chi connectivity index (χ4v) is 3.24. The molecule has 7 heteroatoms. The predicted octanol–water partition coefficient (Wildman–Crippen LogP) is 4.34. The Morgan fingerprint density at radius 3 is 2.62 bits per heavy atom. The largest absolute Gasteiger partial charge is 0.330 e. The summed E-state index contributed by atoms with van der Waals surface area (Å²) in [6, 6.07) is 18.8. The molecule has 0 fully saturated rings. The molecular weight excluding hydrogens is 400 g/mol. The molecule has 2 aromatic carbocycles. The second kappa shape index (κ2) is 9.80. The fourth-order valence-electron chi connectivity index (χ4n) is 3.24. The number of nitrogens with two attached hydrogens (primary N) is 1. The summed E-state index contributed by atoms with van der Waals surface area (Å²) in [5.41, 5.74) is 11.5. The van der Waals surface area contributed by atoms with Crippen molar-refractivity contribution in [3.63, 3.8) is 0 Å². The van der Waals surface area contributed by atoms with Crippen molar-refractivity contribution in [1.29, 1.82) is 0 Å². The smallest absolute Gasteiger partial charge is 0.255 e. The van der Waals surface area contributed by atoms with Crippen molar-refractivity contribution in [2.45, 2.75) is 13.3 Å². The van der Waals surface area contributed by atoms with Gasteiger partial charge in [0, 0.05) is 41.1 Å². The molecule has 0 spiro atoms. The van der Waals surface area contributed by atoms with Crippen LogP contribution in [-0.2, 0) is 6.42 Å². The van der Waals surface area contributed by atoms with Crippen LogP contribution in [0.2, 0.25) is 0 Å². The number of aryl methyl sites for hydroxylation is 1. The lowest BCUT2D eigenvalue weighted by Crippen LogP contribution is -2.12. The van der Waals surface area contributed by atoms with Gasteiger partial charge in [0.25, 0.3) is 5.91 Å². The van der Waals surface area contributed by atoms with Crippen LogP contribution in [0.3, 0.4) is 0 Å². The first kappa shape index (κ1) is 21.1. The van der Waals surface area contributed by atoms with Crippen LogP contribution in [0.15, 0.2) is 79.3 Å². The average Bonchev–Trinajstić information content (AvgIpc) is 2.83. The van der Waals surface area contributed by atoms with Gasteiger partial charge in [-0.05, 0) is 73.5 Å². The highest BCUT2D eigenvalue weighted by Gasteiger charge is 2.09. The lowest BCUT2D eigenvalue weighted by atomic mass is 10.1. The number of amides is 1. The topological polar surface area (TPSA) is 106 Å². The van der Waals surface area contributed by atoms with Crippen molar-refractivity contribution in [2.75, 3.05) is 17.2 Å². The minimum Gasteiger partial charge on any atom is -0.330 e. The summed E-state index contributed by atoms with van der Waals surface area (Å²) >= 11 is 0. The second-order valence-electron chi connectivity index (χ2n) is 7.35. The van der Waals surface area contributed by atoms with Crippen molar-refractivity contribution in [3.8, 4) is 11.3 Å². The SMILES string of the molecule is Cc1ccc(NC(=O)c2ccc(CCN)cc2)cc1Nc1nccc(-c2cccnc2)n1. The first-order valence-electron chi connectivity index (χ1n) is 10.3. The quantitative estimate of drug-likeness (QED) is 0.407. The van der Waals surface area contributed by atoms with Gasteiger partial charge in [0.2, 0.25) is 5.95 Å². The summed E-state index contributed by atoms with van der Waals surface area (Å²) in [4.78, 5) is 25.7. The molecule has 2 heterocycles. The van der Waals surface area contributed by atoms with Crippen LogP contribution >= 0.6 is 0 Å². The van der Waals surface area contributed by atoms with Gasteiger partial charge in [0.05, 0.1) is 5.69 Å². The first-order chi connectivity index (χ1) is 15.6. The molecule has 0 atom stereocenters. The van der Waals surface area contributed by atoms with Crippen molar-refractivity contribution < 1.29 is 4.79 Å². The molecule has 0 unspecified atom stereocenters. The van der Waals surface area contributed by atoms with Gasteiger partial charge in [-0.15, -0.1) is 0 Å². The third-order valence-corrected chi connectivity index (χ3v) is 5.00. The van der Waals surface area contributed by atoms with Crippen molar-refractivity contribution >= 4 is 23.2 Å². The molecule has 0 saturated heterocycles. The summed E-state index contributed by atoms with van der Waals surface area (Å²) in [6.45, 7) is 2.56. The number of carbonyl (C=O) groups is 1. The highest BCUT2D eigenvalue weighted by atomic mass is 16.1. The maximum atomic E-state index is 12.7. The Bertz CT molecular complexity index is 1210. The number of hydrogen-bond donors (Lipinski definition) is 3. The molecule has 0 aliphatic carbocycles. The Morgan fingerprint density at radius 2 is 1.88 bits per heavy atom. The first-order valence-corrected chi connectivity index (χ1v) is 10.3. The van der Waals surface area contributed by atoms with E-state index >= 15 is 0 Å². The van der Waals surface area contributed by atoms with Crippen LogP contribution in [0.1, 0.15) is 21.5 Å². The van der Waals surface area contributed by atoms with Crippen LogP contribution in [-0.4, -0.2) is 27.4 Å². The number of benzene rings is 2. The van der Waals surface area contributed by atoms with Gasteiger partial charge < -0.3 is 16.4 Å². The normalized spacial score (nSPS) is 10.6. The average molecular weight is 425 g/mol. The Morgan fingerprint density at radius 1 is 1.03 bits per heavy atom. The van der Waals surface area contributed by atoms with Gasteiger partial charge in [0.1, 0.15) is 0 Å². The minimum absolute atomic E-state index is 0.172. The zero-order valence-corrected chi connectivity index (χ0v) is 17.7. The molecule has 4 aromatic rings. The molecule has 4 N–H and O–H groups in total. The van der Waals surface area contributed by atoms with Gasteiger partial charge in [-0.3, -0.25) is 9.78 Å². The van der Waals surface area contributed by atoms with Crippen LogP contribution in [0.4, 0.5) is 17.3 Å². The molecule has 4 rings (SSSR count). The Kier molecular flexibility index (Phi) is 6.48. The summed E-state index contributed by atoms with van der Waals surface area (Å²) in [6.07, 6.45) is 5.98. The summed E-state index contributed by atoms with van der Waals surface area (Å²) in [7, 11) is 0.